The Morgan fingerprint density at radius 2 is 1.83 bits per heavy atom. The third-order valence-corrected chi connectivity index (χ3v) is 7.57. The molecule has 1 aromatic carbocycles. The van der Waals surface area contributed by atoms with Gasteiger partial charge in [-0.2, -0.15) is 0 Å². The van der Waals surface area contributed by atoms with E-state index in [9.17, 15) is 4.79 Å². The van der Waals surface area contributed by atoms with Gasteiger partial charge in [0.25, 0.3) is 0 Å². The minimum Gasteiger partial charge on any atom is -0.301 e. The number of benzene rings is 1. The maximum absolute atomic E-state index is 13.3. The second-order valence-corrected chi connectivity index (χ2v) is 10.4. The number of thiazole rings is 1. The number of anilines is 1. The Hall–Kier alpha value is -1.42. The topological polar surface area (TPSA) is 42.0 Å². The van der Waals surface area contributed by atoms with Crippen molar-refractivity contribution in [1.82, 2.24) is 4.98 Å². The third kappa shape index (κ3) is 2.15. The molecule has 1 amide bonds. The number of carbonyl (C=O) groups excluding carboxylic acids is 1. The van der Waals surface area contributed by atoms with Crippen molar-refractivity contribution in [2.45, 2.75) is 52.4 Å². The highest BCUT2D eigenvalue weighted by molar-refractivity contribution is 7.22. The number of aromatic nitrogens is 1. The highest BCUT2D eigenvalue weighted by atomic mass is 32.1. The maximum Gasteiger partial charge on any atom is 0.232 e. The van der Waals surface area contributed by atoms with E-state index in [0.717, 1.165) is 40.5 Å². The second-order valence-electron chi connectivity index (χ2n) is 9.35. The molecule has 24 heavy (non-hydrogen) atoms. The molecule has 0 spiro atoms. The molecule has 0 unspecified atom stereocenters. The summed E-state index contributed by atoms with van der Waals surface area (Å²) in [7, 11) is 0. The lowest BCUT2D eigenvalue weighted by Crippen LogP contribution is -2.58. The lowest BCUT2D eigenvalue weighted by Gasteiger charge is -2.64. The molecule has 0 radical (unpaired) electrons. The van der Waals surface area contributed by atoms with Crippen molar-refractivity contribution in [3.8, 4) is 0 Å². The summed E-state index contributed by atoms with van der Waals surface area (Å²) in [5.41, 5.74) is 1.53. The fourth-order valence-corrected chi connectivity index (χ4v) is 7.72. The SMILES string of the molecule is C[C@]12CC3CC(C(=O)Nc4nc5ccccc5s4)(C1)C[C@](C)(C3)C2. The van der Waals surface area contributed by atoms with Crippen LogP contribution in [0.3, 0.4) is 0 Å². The summed E-state index contributed by atoms with van der Waals surface area (Å²) in [6.07, 6.45) is 7.13. The van der Waals surface area contributed by atoms with Crippen LogP contribution >= 0.6 is 11.3 Å². The van der Waals surface area contributed by atoms with Gasteiger partial charge < -0.3 is 5.32 Å². The van der Waals surface area contributed by atoms with Crippen LogP contribution in [-0.2, 0) is 4.79 Å². The van der Waals surface area contributed by atoms with Gasteiger partial charge in [-0.15, -0.1) is 0 Å². The van der Waals surface area contributed by atoms with Crippen molar-refractivity contribution < 1.29 is 4.79 Å². The normalized spacial score (nSPS) is 40.2. The quantitative estimate of drug-likeness (QED) is 0.813. The number of nitrogens with zero attached hydrogens (tertiary/aromatic N) is 1. The molecule has 3 nitrogen and oxygen atoms in total. The van der Waals surface area contributed by atoms with Gasteiger partial charge in [0.1, 0.15) is 0 Å². The molecule has 6 rings (SSSR count). The molecule has 4 aliphatic rings. The van der Waals surface area contributed by atoms with E-state index in [1.54, 1.807) is 11.3 Å². The molecule has 1 heterocycles. The highest BCUT2D eigenvalue weighted by Crippen LogP contribution is 2.69. The fourth-order valence-electron chi connectivity index (χ4n) is 6.86. The first kappa shape index (κ1) is 14.9. The number of fused-ring (bicyclic) bond motifs is 1. The Morgan fingerprint density at radius 1 is 1.12 bits per heavy atom. The van der Waals surface area contributed by atoms with E-state index in [4.69, 9.17) is 0 Å². The monoisotopic (exact) mass is 340 g/mol. The van der Waals surface area contributed by atoms with E-state index in [2.05, 4.69) is 30.2 Å². The van der Waals surface area contributed by atoms with Gasteiger partial charge in [-0.05, 0) is 67.4 Å². The summed E-state index contributed by atoms with van der Waals surface area (Å²) in [6, 6.07) is 8.09. The van der Waals surface area contributed by atoms with Crippen LogP contribution in [0.25, 0.3) is 10.2 Å². The first-order valence-electron chi connectivity index (χ1n) is 9.04. The van der Waals surface area contributed by atoms with E-state index in [-0.39, 0.29) is 11.3 Å². The third-order valence-electron chi connectivity index (χ3n) is 6.62. The van der Waals surface area contributed by atoms with Crippen molar-refractivity contribution in [3.63, 3.8) is 0 Å². The molecule has 4 fully saturated rings. The summed E-state index contributed by atoms with van der Waals surface area (Å²) >= 11 is 1.58. The highest BCUT2D eigenvalue weighted by Gasteiger charge is 2.62. The van der Waals surface area contributed by atoms with E-state index >= 15 is 0 Å². The first-order valence-corrected chi connectivity index (χ1v) is 9.86. The Bertz CT molecular complexity index is 790. The van der Waals surface area contributed by atoms with Crippen LogP contribution in [-0.4, -0.2) is 10.9 Å². The maximum atomic E-state index is 13.3. The van der Waals surface area contributed by atoms with Gasteiger partial charge in [-0.25, -0.2) is 4.98 Å². The second kappa shape index (κ2) is 4.60. The molecule has 2 atom stereocenters. The lowest BCUT2D eigenvalue weighted by molar-refractivity contribution is -0.165. The predicted molar refractivity (Wildman–Crippen MR) is 98.1 cm³/mol. The molecule has 0 aliphatic heterocycles. The molecular weight excluding hydrogens is 316 g/mol. The number of hydrogen-bond acceptors (Lipinski definition) is 3. The number of para-hydroxylation sites is 1. The molecule has 1 N–H and O–H groups in total. The molecule has 2 aromatic rings. The molecule has 4 heteroatoms. The van der Waals surface area contributed by atoms with Crippen molar-refractivity contribution in [3.05, 3.63) is 24.3 Å². The summed E-state index contributed by atoms with van der Waals surface area (Å²) < 4.78 is 1.14. The minimum atomic E-state index is -0.166. The number of amides is 1. The molecule has 1 aromatic heterocycles. The average Bonchev–Trinajstić information content (AvgIpc) is 2.85. The van der Waals surface area contributed by atoms with E-state index in [1.165, 1.54) is 19.3 Å². The van der Waals surface area contributed by atoms with Gasteiger partial charge >= 0.3 is 0 Å². The van der Waals surface area contributed by atoms with Gasteiger partial charge in [-0.1, -0.05) is 37.3 Å². The van der Waals surface area contributed by atoms with E-state index in [0.29, 0.717) is 10.8 Å². The number of nitrogens with one attached hydrogen (secondary N) is 1. The summed E-state index contributed by atoms with van der Waals surface area (Å²) in [6.45, 7) is 4.82. The average molecular weight is 340 g/mol. The minimum absolute atomic E-state index is 0.166. The number of hydrogen-bond donors (Lipinski definition) is 1. The number of rotatable bonds is 2. The van der Waals surface area contributed by atoms with Crippen LogP contribution in [0.1, 0.15) is 52.4 Å². The van der Waals surface area contributed by atoms with Crippen LogP contribution < -0.4 is 5.32 Å². The van der Waals surface area contributed by atoms with Gasteiger partial charge in [0.2, 0.25) is 5.91 Å². The molecule has 4 bridgehead atoms. The van der Waals surface area contributed by atoms with Crippen molar-refractivity contribution >= 4 is 32.6 Å². The van der Waals surface area contributed by atoms with Crippen molar-refractivity contribution in [2.75, 3.05) is 5.32 Å². The largest absolute Gasteiger partial charge is 0.301 e. The zero-order chi connectivity index (χ0) is 16.6. The molecule has 0 saturated heterocycles. The van der Waals surface area contributed by atoms with Crippen LogP contribution in [0.2, 0.25) is 0 Å². The Kier molecular flexibility index (Phi) is 2.85. The zero-order valence-electron chi connectivity index (χ0n) is 14.4. The van der Waals surface area contributed by atoms with Crippen molar-refractivity contribution in [2.24, 2.45) is 22.2 Å². The van der Waals surface area contributed by atoms with Crippen LogP contribution in [0, 0.1) is 22.2 Å². The Balaban J connectivity index is 1.46. The summed E-state index contributed by atoms with van der Waals surface area (Å²) in [4.78, 5) is 17.9. The van der Waals surface area contributed by atoms with Gasteiger partial charge in [0.15, 0.2) is 5.13 Å². The standard InChI is InChI=1S/C20H24N2OS/c1-18-7-13-8-19(2,10-18)12-20(9-13,11-18)16(23)22-17-21-14-5-3-4-6-15(14)24-17/h3-6,13H,7-12H2,1-2H3,(H,21,22,23)/t13?,18-,19-,20?/m1/s1. The van der Waals surface area contributed by atoms with E-state index in [1.807, 2.05) is 18.2 Å². The molecule has 126 valence electrons. The van der Waals surface area contributed by atoms with Crippen LogP contribution in [0.5, 0.6) is 0 Å². The van der Waals surface area contributed by atoms with Crippen molar-refractivity contribution in [1.29, 1.82) is 0 Å². The Morgan fingerprint density at radius 3 is 2.50 bits per heavy atom. The first-order chi connectivity index (χ1) is 11.4. The van der Waals surface area contributed by atoms with Crippen LogP contribution in [0.15, 0.2) is 24.3 Å². The molecular formula is C20H24N2OS. The van der Waals surface area contributed by atoms with Gasteiger partial charge in [0, 0.05) is 0 Å². The molecule has 4 aliphatic carbocycles. The number of carbonyl (C=O) groups is 1. The van der Waals surface area contributed by atoms with Gasteiger partial charge in [-0.3, -0.25) is 4.79 Å². The Labute approximate surface area is 146 Å². The fraction of sp³-hybridized carbons (Fsp3) is 0.600. The predicted octanol–water partition coefficient (Wildman–Crippen LogP) is 5.23. The zero-order valence-corrected chi connectivity index (χ0v) is 15.2. The smallest absolute Gasteiger partial charge is 0.232 e. The van der Waals surface area contributed by atoms with Crippen LogP contribution in [0.4, 0.5) is 5.13 Å². The summed E-state index contributed by atoms with van der Waals surface area (Å²) in [5.74, 6) is 0.959. The summed E-state index contributed by atoms with van der Waals surface area (Å²) in [5, 5.41) is 3.95. The van der Waals surface area contributed by atoms with E-state index < -0.39 is 0 Å². The van der Waals surface area contributed by atoms with Gasteiger partial charge in [0.05, 0.1) is 15.6 Å². The lowest BCUT2D eigenvalue weighted by atomic mass is 9.40. The molecule has 4 saturated carbocycles.